The van der Waals surface area contributed by atoms with Crippen LogP contribution in [-0.2, 0) is 0 Å². The SMILES string of the molecule is Cc1ccc(Sc2ccc(F)cc2F)c([N+](=O)[O-])c1. The maximum atomic E-state index is 13.5. The molecule has 0 aliphatic carbocycles. The monoisotopic (exact) mass is 281 g/mol. The highest BCUT2D eigenvalue weighted by Gasteiger charge is 2.16. The Bertz CT molecular complexity index is 647. The van der Waals surface area contributed by atoms with Crippen LogP contribution >= 0.6 is 11.8 Å². The molecule has 0 heterocycles. The quantitative estimate of drug-likeness (QED) is 0.621. The highest BCUT2D eigenvalue weighted by atomic mass is 32.2. The number of nitrogens with zero attached hydrogens (tertiary/aromatic N) is 1. The minimum atomic E-state index is -0.736. The first-order chi connectivity index (χ1) is 8.97. The molecule has 6 heteroatoms. The molecule has 0 atom stereocenters. The van der Waals surface area contributed by atoms with Crippen molar-refractivity contribution in [3.8, 4) is 0 Å². The summed E-state index contributed by atoms with van der Waals surface area (Å²) >= 11 is 0.903. The van der Waals surface area contributed by atoms with Gasteiger partial charge in [0, 0.05) is 17.0 Å². The van der Waals surface area contributed by atoms with Crippen molar-refractivity contribution >= 4 is 17.4 Å². The summed E-state index contributed by atoms with van der Waals surface area (Å²) in [5, 5.41) is 10.9. The second-order valence-electron chi connectivity index (χ2n) is 3.91. The van der Waals surface area contributed by atoms with Crippen molar-refractivity contribution in [1.29, 1.82) is 0 Å². The smallest absolute Gasteiger partial charge is 0.258 e. The van der Waals surface area contributed by atoms with Gasteiger partial charge in [0.05, 0.1) is 9.82 Å². The highest BCUT2D eigenvalue weighted by molar-refractivity contribution is 7.99. The number of hydrogen-bond donors (Lipinski definition) is 0. The molecule has 2 aromatic rings. The van der Waals surface area contributed by atoms with E-state index >= 15 is 0 Å². The molecule has 0 fully saturated rings. The lowest BCUT2D eigenvalue weighted by atomic mass is 10.2. The Labute approximate surface area is 112 Å². The van der Waals surface area contributed by atoms with Gasteiger partial charge in [0.1, 0.15) is 11.6 Å². The molecule has 0 unspecified atom stereocenters. The largest absolute Gasteiger partial charge is 0.283 e. The van der Waals surface area contributed by atoms with Crippen LogP contribution in [0.3, 0.4) is 0 Å². The number of hydrogen-bond acceptors (Lipinski definition) is 3. The Balaban J connectivity index is 2.40. The van der Waals surface area contributed by atoms with Crippen LogP contribution in [0.1, 0.15) is 5.56 Å². The van der Waals surface area contributed by atoms with Gasteiger partial charge in [-0.2, -0.15) is 0 Å². The molecular formula is C13H9F2NO2S. The van der Waals surface area contributed by atoms with Crippen molar-refractivity contribution < 1.29 is 13.7 Å². The average molecular weight is 281 g/mol. The molecule has 3 nitrogen and oxygen atoms in total. The van der Waals surface area contributed by atoms with E-state index in [9.17, 15) is 18.9 Å². The lowest BCUT2D eigenvalue weighted by Gasteiger charge is -2.05. The second kappa shape index (κ2) is 5.36. The molecule has 0 spiro atoms. The number of aryl methyl sites for hydroxylation is 1. The zero-order valence-corrected chi connectivity index (χ0v) is 10.7. The average Bonchev–Trinajstić information content (AvgIpc) is 2.34. The molecule has 19 heavy (non-hydrogen) atoms. The Morgan fingerprint density at radius 2 is 1.79 bits per heavy atom. The molecule has 0 bridgehead atoms. The summed E-state index contributed by atoms with van der Waals surface area (Å²) in [4.78, 5) is 10.9. The van der Waals surface area contributed by atoms with E-state index in [0.29, 0.717) is 4.90 Å². The minimum absolute atomic E-state index is 0.0891. The number of nitro groups is 1. The fraction of sp³-hybridized carbons (Fsp3) is 0.0769. The molecule has 0 aromatic heterocycles. The first kappa shape index (κ1) is 13.5. The fourth-order valence-corrected chi connectivity index (χ4v) is 2.44. The van der Waals surface area contributed by atoms with Gasteiger partial charge >= 0.3 is 0 Å². The molecule has 0 aliphatic heterocycles. The third kappa shape index (κ3) is 3.08. The van der Waals surface area contributed by atoms with E-state index in [0.717, 1.165) is 29.5 Å². The Morgan fingerprint density at radius 3 is 2.42 bits per heavy atom. The topological polar surface area (TPSA) is 43.1 Å². The van der Waals surface area contributed by atoms with E-state index in [2.05, 4.69) is 0 Å². The van der Waals surface area contributed by atoms with Gasteiger partial charge < -0.3 is 0 Å². The van der Waals surface area contributed by atoms with E-state index in [1.165, 1.54) is 12.1 Å². The molecule has 0 saturated carbocycles. The molecule has 0 radical (unpaired) electrons. The molecule has 0 amide bonds. The van der Waals surface area contributed by atoms with Gasteiger partial charge in [0.2, 0.25) is 0 Å². The van der Waals surface area contributed by atoms with Gasteiger partial charge in [-0.1, -0.05) is 17.8 Å². The summed E-state index contributed by atoms with van der Waals surface area (Å²) in [6.45, 7) is 1.74. The van der Waals surface area contributed by atoms with Gasteiger partial charge in [-0.3, -0.25) is 10.1 Å². The van der Waals surface area contributed by atoms with Crippen molar-refractivity contribution in [2.45, 2.75) is 16.7 Å². The van der Waals surface area contributed by atoms with E-state index in [4.69, 9.17) is 0 Å². The maximum absolute atomic E-state index is 13.5. The van der Waals surface area contributed by atoms with Gasteiger partial charge in [-0.25, -0.2) is 8.78 Å². The molecule has 2 rings (SSSR count). The Morgan fingerprint density at radius 1 is 1.11 bits per heavy atom. The third-order valence-electron chi connectivity index (χ3n) is 2.42. The van der Waals surface area contributed by atoms with Crippen molar-refractivity contribution in [3.63, 3.8) is 0 Å². The van der Waals surface area contributed by atoms with Gasteiger partial charge in [0.15, 0.2) is 0 Å². The Kier molecular flexibility index (Phi) is 3.80. The van der Waals surface area contributed by atoms with Crippen LogP contribution in [0.25, 0.3) is 0 Å². The van der Waals surface area contributed by atoms with Crippen LogP contribution in [0.5, 0.6) is 0 Å². The van der Waals surface area contributed by atoms with Crippen LogP contribution in [0.15, 0.2) is 46.2 Å². The first-order valence-electron chi connectivity index (χ1n) is 5.35. The number of benzene rings is 2. The van der Waals surface area contributed by atoms with Gasteiger partial charge in [-0.15, -0.1) is 0 Å². The summed E-state index contributed by atoms with van der Waals surface area (Å²) in [6.07, 6.45) is 0. The van der Waals surface area contributed by atoms with Crippen molar-refractivity contribution in [1.82, 2.24) is 0 Å². The van der Waals surface area contributed by atoms with Crippen LogP contribution in [0, 0.1) is 28.7 Å². The molecule has 2 aromatic carbocycles. The van der Waals surface area contributed by atoms with Crippen LogP contribution in [0.4, 0.5) is 14.5 Å². The highest BCUT2D eigenvalue weighted by Crippen LogP contribution is 2.36. The second-order valence-corrected chi connectivity index (χ2v) is 4.99. The molecule has 0 N–H and O–H groups in total. The van der Waals surface area contributed by atoms with E-state index in [-0.39, 0.29) is 10.6 Å². The predicted octanol–water partition coefficient (Wildman–Crippen LogP) is 4.33. The van der Waals surface area contributed by atoms with E-state index in [1.54, 1.807) is 19.1 Å². The van der Waals surface area contributed by atoms with E-state index in [1.807, 2.05) is 0 Å². The van der Waals surface area contributed by atoms with Crippen LogP contribution in [0.2, 0.25) is 0 Å². The number of halogens is 2. The maximum Gasteiger partial charge on any atom is 0.283 e. The van der Waals surface area contributed by atoms with Crippen molar-refractivity contribution in [3.05, 3.63) is 63.7 Å². The third-order valence-corrected chi connectivity index (χ3v) is 3.54. The predicted molar refractivity (Wildman–Crippen MR) is 68.3 cm³/mol. The summed E-state index contributed by atoms with van der Waals surface area (Å²) in [5.41, 5.74) is 0.657. The summed E-state index contributed by atoms with van der Waals surface area (Å²) in [7, 11) is 0. The Hall–Kier alpha value is -1.95. The molecule has 0 saturated heterocycles. The van der Waals surface area contributed by atoms with Gasteiger partial charge in [-0.05, 0) is 30.7 Å². The lowest BCUT2D eigenvalue weighted by molar-refractivity contribution is -0.387. The van der Waals surface area contributed by atoms with E-state index < -0.39 is 16.6 Å². The van der Waals surface area contributed by atoms with Gasteiger partial charge in [0.25, 0.3) is 5.69 Å². The summed E-state index contributed by atoms with van der Waals surface area (Å²) < 4.78 is 26.3. The minimum Gasteiger partial charge on any atom is -0.258 e. The summed E-state index contributed by atoms with van der Waals surface area (Å²) in [5.74, 6) is -1.42. The zero-order valence-electron chi connectivity index (χ0n) is 9.89. The zero-order chi connectivity index (χ0) is 14.0. The van der Waals surface area contributed by atoms with Crippen LogP contribution in [-0.4, -0.2) is 4.92 Å². The standard InChI is InChI=1S/C13H9F2NO2S/c1-8-2-4-13(11(6-8)16(17)18)19-12-5-3-9(14)7-10(12)15/h2-7H,1H3. The number of nitro benzene ring substituents is 1. The first-order valence-corrected chi connectivity index (χ1v) is 6.17. The number of rotatable bonds is 3. The molecule has 98 valence electrons. The van der Waals surface area contributed by atoms with Crippen molar-refractivity contribution in [2.75, 3.05) is 0 Å². The fourth-order valence-electron chi connectivity index (χ4n) is 1.53. The summed E-state index contributed by atoms with van der Waals surface area (Å²) in [6, 6.07) is 7.81. The lowest BCUT2D eigenvalue weighted by Crippen LogP contribution is -1.92. The normalized spacial score (nSPS) is 10.5. The molecular weight excluding hydrogens is 272 g/mol. The van der Waals surface area contributed by atoms with Crippen molar-refractivity contribution in [2.24, 2.45) is 0 Å². The van der Waals surface area contributed by atoms with Crippen LogP contribution < -0.4 is 0 Å². The molecule has 0 aliphatic rings.